The summed E-state index contributed by atoms with van der Waals surface area (Å²) in [5.41, 5.74) is 3.38. The lowest BCUT2D eigenvalue weighted by molar-refractivity contribution is -0.136. The van der Waals surface area contributed by atoms with E-state index in [4.69, 9.17) is 0 Å². The van der Waals surface area contributed by atoms with Gasteiger partial charge in [0.15, 0.2) is 0 Å². The van der Waals surface area contributed by atoms with Crippen LogP contribution in [0.2, 0.25) is 0 Å². The van der Waals surface area contributed by atoms with Gasteiger partial charge in [-0.1, -0.05) is 6.92 Å². The number of aromatic nitrogens is 2. The Morgan fingerprint density at radius 3 is 2.92 bits per heavy atom. The minimum Gasteiger partial charge on any atom is -0.341 e. The molecule has 24 heavy (non-hydrogen) atoms. The molecule has 2 aliphatic rings. The van der Waals surface area contributed by atoms with Gasteiger partial charge >= 0.3 is 0 Å². The van der Waals surface area contributed by atoms with Gasteiger partial charge in [0.25, 0.3) is 0 Å². The van der Waals surface area contributed by atoms with Gasteiger partial charge in [0.1, 0.15) is 0 Å². The first-order chi connectivity index (χ1) is 11.5. The fourth-order valence-corrected chi connectivity index (χ4v) is 3.57. The fraction of sp³-hybridized carbons (Fsp3) is 0.706. The van der Waals surface area contributed by atoms with Crippen LogP contribution in [-0.2, 0) is 29.0 Å². The van der Waals surface area contributed by atoms with Crippen LogP contribution in [0.3, 0.4) is 0 Å². The summed E-state index contributed by atoms with van der Waals surface area (Å²) in [6.45, 7) is 5.49. The van der Waals surface area contributed by atoms with Crippen molar-refractivity contribution in [2.75, 3.05) is 40.3 Å². The number of H-pyrrole nitrogens is 1. The lowest BCUT2D eigenvalue weighted by Gasteiger charge is -2.29. The first kappa shape index (κ1) is 17.0. The van der Waals surface area contributed by atoms with Crippen LogP contribution >= 0.6 is 0 Å². The summed E-state index contributed by atoms with van der Waals surface area (Å²) in [4.78, 5) is 30.8. The van der Waals surface area contributed by atoms with Gasteiger partial charge in [0, 0.05) is 56.8 Å². The van der Waals surface area contributed by atoms with E-state index in [0.717, 1.165) is 30.8 Å². The van der Waals surface area contributed by atoms with Crippen LogP contribution in [0.4, 0.5) is 0 Å². The Balaban J connectivity index is 1.62. The molecule has 0 saturated carbocycles. The van der Waals surface area contributed by atoms with E-state index in [0.29, 0.717) is 32.6 Å². The molecule has 7 nitrogen and oxygen atoms in total. The number of aryl methyl sites for hydroxylation is 1. The fourth-order valence-electron chi connectivity index (χ4n) is 3.57. The van der Waals surface area contributed by atoms with E-state index in [1.807, 2.05) is 23.9 Å². The third kappa shape index (κ3) is 3.31. The molecule has 1 saturated heterocycles. The normalized spacial score (nSPS) is 20.8. The van der Waals surface area contributed by atoms with E-state index in [1.54, 1.807) is 0 Å². The molecule has 3 heterocycles. The van der Waals surface area contributed by atoms with Crippen molar-refractivity contribution in [3.05, 3.63) is 17.0 Å². The van der Waals surface area contributed by atoms with Crippen molar-refractivity contribution in [1.82, 2.24) is 24.9 Å². The molecule has 0 unspecified atom stereocenters. The molecular weight excluding hydrogens is 306 g/mol. The number of rotatable bonds is 5. The lowest BCUT2D eigenvalue weighted by Crippen LogP contribution is -2.41. The average molecular weight is 333 g/mol. The predicted octanol–water partition coefficient (Wildman–Crippen LogP) is 0.267. The van der Waals surface area contributed by atoms with E-state index in [2.05, 4.69) is 22.0 Å². The maximum Gasteiger partial charge on any atom is 0.228 e. The number of fused-ring (bicyclic) bond motifs is 1. The first-order valence-corrected chi connectivity index (χ1v) is 8.75. The van der Waals surface area contributed by atoms with E-state index < -0.39 is 0 Å². The number of nitrogens with one attached hydrogen (secondary N) is 1. The molecule has 7 heteroatoms. The van der Waals surface area contributed by atoms with E-state index >= 15 is 0 Å². The van der Waals surface area contributed by atoms with Gasteiger partial charge in [0.2, 0.25) is 11.8 Å². The Kier molecular flexibility index (Phi) is 4.89. The number of likely N-dealkylation sites (tertiary alicyclic amines) is 1. The van der Waals surface area contributed by atoms with Gasteiger partial charge in [-0.15, -0.1) is 0 Å². The number of hydrogen-bond donors (Lipinski definition) is 1. The monoisotopic (exact) mass is 333 g/mol. The summed E-state index contributed by atoms with van der Waals surface area (Å²) < 4.78 is 0. The Morgan fingerprint density at radius 1 is 1.42 bits per heavy atom. The highest BCUT2D eigenvalue weighted by molar-refractivity contribution is 5.89. The molecule has 1 N–H and O–H groups in total. The van der Waals surface area contributed by atoms with Gasteiger partial charge in [-0.3, -0.25) is 14.7 Å². The van der Waals surface area contributed by atoms with Crippen LogP contribution in [0.5, 0.6) is 0 Å². The zero-order valence-electron chi connectivity index (χ0n) is 14.8. The van der Waals surface area contributed by atoms with Gasteiger partial charge in [-0.2, -0.15) is 5.10 Å². The molecule has 0 aromatic carbocycles. The summed E-state index contributed by atoms with van der Waals surface area (Å²) >= 11 is 0. The highest BCUT2D eigenvalue weighted by atomic mass is 16.2. The molecule has 0 radical (unpaired) electrons. The van der Waals surface area contributed by atoms with Crippen molar-refractivity contribution in [1.29, 1.82) is 0 Å². The molecule has 132 valence electrons. The van der Waals surface area contributed by atoms with Crippen LogP contribution < -0.4 is 0 Å². The number of carbonyl (C=O) groups excluding carboxylic acids is 2. The lowest BCUT2D eigenvalue weighted by atomic mass is 10.0. The molecule has 1 fully saturated rings. The van der Waals surface area contributed by atoms with E-state index in [-0.39, 0.29) is 17.7 Å². The molecule has 1 atom stereocenters. The topological polar surface area (TPSA) is 72.5 Å². The van der Waals surface area contributed by atoms with Gasteiger partial charge < -0.3 is 14.7 Å². The number of aromatic amines is 1. The third-order valence-corrected chi connectivity index (χ3v) is 5.05. The molecule has 0 spiro atoms. The molecule has 1 aromatic heterocycles. The minimum absolute atomic E-state index is 0.102. The van der Waals surface area contributed by atoms with Crippen LogP contribution in [0.15, 0.2) is 0 Å². The zero-order valence-corrected chi connectivity index (χ0v) is 14.8. The third-order valence-electron chi connectivity index (χ3n) is 5.05. The number of nitrogens with zero attached hydrogens (tertiary/aromatic N) is 4. The van der Waals surface area contributed by atoms with Crippen LogP contribution in [-0.4, -0.2) is 77.0 Å². The number of hydrogen-bond acceptors (Lipinski definition) is 4. The second-order valence-electron chi connectivity index (χ2n) is 7.03. The number of likely N-dealkylation sites (N-methyl/N-ethyl adjacent to an activating group) is 1. The molecule has 0 aliphatic carbocycles. The second-order valence-corrected chi connectivity index (χ2v) is 7.03. The highest BCUT2D eigenvalue weighted by Crippen LogP contribution is 2.25. The van der Waals surface area contributed by atoms with E-state index in [9.17, 15) is 9.59 Å². The first-order valence-electron chi connectivity index (χ1n) is 8.75. The standard InChI is InChI=1S/C17H27N5O2/c1-4-14-13-11-22(6-5-15(13)19-18-14)17(24)12-9-16(23)21(10-12)8-7-20(2)3/h12H,4-11H2,1-3H3,(H,18,19)/t12-/m1/s1. The minimum atomic E-state index is -0.196. The van der Waals surface area contributed by atoms with Crippen molar-refractivity contribution < 1.29 is 9.59 Å². The average Bonchev–Trinajstić information content (AvgIpc) is 3.14. The zero-order chi connectivity index (χ0) is 17.3. The quantitative estimate of drug-likeness (QED) is 0.839. The van der Waals surface area contributed by atoms with Crippen molar-refractivity contribution >= 4 is 11.8 Å². The van der Waals surface area contributed by atoms with Crippen molar-refractivity contribution in [2.24, 2.45) is 5.92 Å². The van der Waals surface area contributed by atoms with Crippen LogP contribution in [0.25, 0.3) is 0 Å². The van der Waals surface area contributed by atoms with Crippen molar-refractivity contribution in [3.8, 4) is 0 Å². The Hall–Kier alpha value is -1.89. The largest absolute Gasteiger partial charge is 0.341 e. The molecule has 2 amide bonds. The second kappa shape index (κ2) is 6.93. The maximum atomic E-state index is 12.9. The van der Waals surface area contributed by atoms with Crippen LogP contribution in [0, 0.1) is 5.92 Å². The summed E-state index contributed by atoms with van der Waals surface area (Å²) in [7, 11) is 3.98. The van der Waals surface area contributed by atoms with Crippen molar-refractivity contribution in [2.45, 2.75) is 32.7 Å². The SMILES string of the molecule is CCc1n[nH]c2c1CN(C(=O)[C@@H]1CC(=O)N(CCN(C)C)C1)CC2. The van der Waals surface area contributed by atoms with Crippen LogP contribution in [0.1, 0.15) is 30.3 Å². The molecule has 1 aromatic rings. The molecular formula is C17H27N5O2. The smallest absolute Gasteiger partial charge is 0.228 e. The summed E-state index contributed by atoms with van der Waals surface area (Å²) in [6.07, 6.45) is 2.04. The molecule has 0 bridgehead atoms. The summed E-state index contributed by atoms with van der Waals surface area (Å²) in [6, 6.07) is 0. The number of amides is 2. The maximum absolute atomic E-state index is 12.9. The Bertz CT molecular complexity index is 611. The highest BCUT2D eigenvalue weighted by Gasteiger charge is 2.37. The Morgan fingerprint density at radius 2 is 2.21 bits per heavy atom. The van der Waals surface area contributed by atoms with Gasteiger partial charge in [0.05, 0.1) is 11.6 Å². The number of carbonyl (C=O) groups is 2. The van der Waals surface area contributed by atoms with Gasteiger partial charge in [-0.05, 0) is 20.5 Å². The summed E-state index contributed by atoms with van der Waals surface area (Å²) in [5.74, 6) is 0.0215. The van der Waals surface area contributed by atoms with Crippen molar-refractivity contribution in [3.63, 3.8) is 0 Å². The molecule has 2 aliphatic heterocycles. The molecule has 3 rings (SSSR count). The summed E-state index contributed by atoms with van der Waals surface area (Å²) in [5, 5.41) is 7.44. The Labute approximate surface area is 143 Å². The van der Waals surface area contributed by atoms with Gasteiger partial charge in [-0.25, -0.2) is 0 Å². The van der Waals surface area contributed by atoms with E-state index in [1.165, 1.54) is 5.56 Å². The predicted molar refractivity (Wildman–Crippen MR) is 90.3 cm³/mol.